The Balaban J connectivity index is 2.07. The molecule has 0 bridgehead atoms. The Labute approximate surface area is 170 Å². The Morgan fingerprint density at radius 3 is 2.37 bits per heavy atom. The molecule has 1 aliphatic rings. The maximum absolute atomic E-state index is 12.7. The number of carbonyl (C=O) groups is 1. The van der Waals surface area contributed by atoms with Crippen LogP contribution in [0.3, 0.4) is 0 Å². The van der Waals surface area contributed by atoms with Crippen LogP contribution in [0.4, 0.5) is 18.0 Å². The molecule has 1 aromatic rings. The van der Waals surface area contributed by atoms with Crippen LogP contribution in [0.15, 0.2) is 35.9 Å². The molecule has 0 radical (unpaired) electrons. The highest BCUT2D eigenvalue weighted by Crippen LogP contribution is 2.22. The fraction of sp³-hybridized carbons (Fsp3) is 0.421. The maximum Gasteiger partial charge on any atom is 0.390 e. The number of phenols is 1. The zero-order chi connectivity index (χ0) is 22.5. The Morgan fingerprint density at radius 1 is 1.17 bits per heavy atom. The van der Waals surface area contributed by atoms with Crippen molar-refractivity contribution in [1.82, 2.24) is 10.2 Å². The summed E-state index contributed by atoms with van der Waals surface area (Å²) < 4.78 is 38.0. The van der Waals surface area contributed by atoms with Crippen LogP contribution in [0.2, 0.25) is 0 Å². The van der Waals surface area contributed by atoms with Crippen LogP contribution >= 0.6 is 0 Å². The third-order valence-electron chi connectivity index (χ3n) is 4.56. The van der Waals surface area contributed by atoms with E-state index in [1.165, 1.54) is 24.3 Å². The molecular weight excluding hydrogens is 405 g/mol. The van der Waals surface area contributed by atoms with Gasteiger partial charge in [0.1, 0.15) is 11.6 Å². The van der Waals surface area contributed by atoms with E-state index < -0.39 is 43.2 Å². The van der Waals surface area contributed by atoms with Crippen molar-refractivity contribution < 1.29 is 33.3 Å². The minimum atomic E-state index is -4.54. The van der Waals surface area contributed by atoms with E-state index in [4.69, 9.17) is 10.8 Å². The average Bonchev–Trinajstić information content (AvgIpc) is 2.67. The molecule has 2 rings (SSSR count). The number of alkyl halides is 3. The second-order valence-corrected chi connectivity index (χ2v) is 6.85. The molecule has 0 aromatic heterocycles. The number of rotatable bonds is 6. The van der Waals surface area contributed by atoms with Gasteiger partial charge in [0.15, 0.2) is 0 Å². The Morgan fingerprint density at radius 2 is 1.80 bits per heavy atom. The number of hydrogen-bond acceptors (Lipinski definition) is 6. The van der Waals surface area contributed by atoms with Gasteiger partial charge in [0.2, 0.25) is 0 Å². The number of aromatic hydroxyl groups is 1. The van der Waals surface area contributed by atoms with Crippen LogP contribution < -0.4 is 5.32 Å². The molecule has 0 spiro atoms. The van der Waals surface area contributed by atoms with Gasteiger partial charge in [0.25, 0.3) is 0 Å². The van der Waals surface area contributed by atoms with E-state index >= 15 is 0 Å². The second-order valence-electron chi connectivity index (χ2n) is 6.85. The summed E-state index contributed by atoms with van der Waals surface area (Å²) in [6, 6.07) is 4.10. The summed E-state index contributed by atoms with van der Waals surface area (Å²) >= 11 is 0. The van der Waals surface area contributed by atoms with Crippen molar-refractivity contribution in [2.75, 3.05) is 13.1 Å². The summed E-state index contributed by atoms with van der Waals surface area (Å²) in [7, 11) is 0. The highest BCUT2D eigenvalue weighted by molar-refractivity contribution is 6.07. The Bertz CT molecular complexity index is 824. The van der Waals surface area contributed by atoms with E-state index in [9.17, 15) is 33.3 Å². The molecule has 30 heavy (non-hydrogen) atoms. The smallest absolute Gasteiger partial charge is 0.390 e. The Hall–Kier alpha value is -2.92. The molecule has 0 saturated heterocycles. The number of hydrogen-bond donors (Lipinski definition) is 6. The van der Waals surface area contributed by atoms with Crippen LogP contribution in [-0.2, 0) is 0 Å². The van der Waals surface area contributed by atoms with E-state index in [0.29, 0.717) is 10.5 Å². The van der Waals surface area contributed by atoms with Crippen LogP contribution in [-0.4, -0.2) is 69.3 Å². The average molecular weight is 428 g/mol. The zero-order valence-electron chi connectivity index (χ0n) is 15.9. The number of urea groups is 1. The first-order valence-electron chi connectivity index (χ1n) is 9.11. The second kappa shape index (κ2) is 9.72. The summed E-state index contributed by atoms with van der Waals surface area (Å²) in [4.78, 5) is 13.1. The van der Waals surface area contributed by atoms with Gasteiger partial charge in [0.05, 0.1) is 30.9 Å². The first-order chi connectivity index (χ1) is 14.0. The van der Waals surface area contributed by atoms with Crippen LogP contribution in [0.5, 0.6) is 5.75 Å². The number of amidine groups is 1. The molecule has 1 aliphatic carbocycles. The van der Waals surface area contributed by atoms with Crippen LogP contribution in [0.1, 0.15) is 24.8 Å². The van der Waals surface area contributed by atoms with Gasteiger partial charge in [-0.05, 0) is 36.3 Å². The lowest BCUT2D eigenvalue weighted by molar-refractivity contribution is -0.135. The summed E-state index contributed by atoms with van der Waals surface area (Å²) in [6.45, 7) is -1.12. The zero-order valence-corrected chi connectivity index (χ0v) is 15.9. The van der Waals surface area contributed by atoms with E-state index in [2.05, 4.69) is 5.32 Å². The Kier molecular flexibility index (Phi) is 7.57. The molecule has 0 saturated carbocycles. The first kappa shape index (κ1) is 23.4. The number of halogens is 3. The number of nitrogens with zero attached hydrogens (tertiary/aromatic N) is 1. The molecule has 8 nitrogen and oxygen atoms in total. The van der Waals surface area contributed by atoms with Gasteiger partial charge in [-0.25, -0.2) is 4.79 Å². The number of benzene rings is 1. The number of phenolic OH excluding ortho intramolecular Hbond substituents is 1. The van der Waals surface area contributed by atoms with Crippen molar-refractivity contribution in [3.63, 3.8) is 0 Å². The minimum Gasteiger partial charge on any atom is -0.508 e. The third kappa shape index (κ3) is 6.56. The van der Waals surface area contributed by atoms with Crippen molar-refractivity contribution in [2.45, 2.75) is 37.6 Å². The lowest BCUT2D eigenvalue weighted by atomic mass is 9.91. The number of amides is 2. The summed E-state index contributed by atoms with van der Waals surface area (Å²) in [6.07, 6.45) is -6.09. The van der Waals surface area contributed by atoms with Crippen LogP contribution in [0, 0.1) is 10.8 Å². The van der Waals surface area contributed by atoms with Crippen LogP contribution in [0.25, 0.3) is 0 Å². The third-order valence-corrected chi connectivity index (χ3v) is 4.56. The van der Waals surface area contributed by atoms with Crippen molar-refractivity contribution in [3.05, 3.63) is 41.5 Å². The molecule has 0 heterocycles. The van der Waals surface area contributed by atoms with Gasteiger partial charge in [-0.2, -0.15) is 13.2 Å². The molecule has 1 aromatic carbocycles. The SMILES string of the molecule is N=C(CNC(=O)N(CCC(F)(F)F)C(=N)c1ccc(O)cc1)C1=CCC(O)C(O)C1. The monoisotopic (exact) mass is 428 g/mol. The first-order valence-corrected chi connectivity index (χ1v) is 9.11. The molecule has 2 amide bonds. The number of carbonyl (C=O) groups excluding carboxylic acids is 1. The van der Waals surface area contributed by atoms with Crippen molar-refractivity contribution in [2.24, 2.45) is 0 Å². The van der Waals surface area contributed by atoms with Gasteiger partial charge in [-0.3, -0.25) is 10.3 Å². The van der Waals surface area contributed by atoms with E-state index in [0.717, 1.165) is 0 Å². The lowest BCUT2D eigenvalue weighted by Gasteiger charge is -2.26. The summed E-state index contributed by atoms with van der Waals surface area (Å²) in [5.74, 6) is -0.585. The highest BCUT2D eigenvalue weighted by atomic mass is 19.4. The lowest BCUT2D eigenvalue weighted by Crippen LogP contribution is -2.47. The largest absolute Gasteiger partial charge is 0.508 e. The van der Waals surface area contributed by atoms with Gasteiger partial charge in [-0.15, -0.1) is 0 Å². The molecule has 164 valence electrons. The normalized spacial score (nSPS) is 19.0. The minimum absolute atomic E-state index is 0.0248. The molecular formula is C19H23F3N4O4. The van der Waals surface area contributed by atoms with Gasteiger partial charge in [0, 0.05) is 18.5 Å². The molecule has 2 atom stereocenters. The van der Waals surface area contributed by atoms with E-state index in [-0.39, 0.29) is 36.4 Å². The molecule has 0 aliphatic heterocycles. The molecule has 2 unspecified atom stereocenters. The van der Waals surface area contributed by atoms with E-state index in [1.807, 2.05) is 0 Å². The highest BCUT2D eigenvalue weighted by Gasteiger charge is 2.31. The van der Waals surface area contributed by atoms with Gasteiger partial charge in [-0.1, -0.05) is 6.08 Å². The fourth-order valence-corrected chi connectivity index (χ4v) is 2.81. The number of aliphatic hydroxyl groups is 2. The van der Waals surface area contributed by atoms with Gasteiger partial charge < -0.3 is 26.0 Å². The predicted octanol–water partition coefficient (Wildman–Crippen LogP) is 2.14. The quantitative estimate of drug-likeness (QED) is 0.305. The number of nitrogens with one attached hydrogen (secondary N) is 3. The fourth-order valence-electron chi connectivity index (χ4n) is 2.81. The van der Waals surface area contributed by atoms with Crippen molar-refractivity contribution in [1.29, 1.82) is 10.8 Å². The van der Waals surface area contributed by atoms with E-state index in [1.54, 1.807) is 6.08 Å². The predicted molar refractivity (Wildman–Crippen MR) is 103 cm³/mol. The van der Waals surface area contributed by atoms with Crippen molar-refractivity contribution in [3.8, 4) is 5.75 Å². The molecule has 0 fully saturated rings. The van der Waals surface area contributed by atoms with Gasteiger partial charge >= 0.3 is 12.2 Å². The molecule has 6 N–H and O–H groups in total. The summed E-state index contributed by atoms with van der Waals surface area (Å²) in [5, 5.41) is 47.0. The molecule has 11 heteroatoms. The topological polar surface area (TPSA) is 141 Å². The maximum atomic E-state index is 12.7. The number of aliphatic hydroxyl groups excluding tert-OH is 2. The summed E-state index contributed by atoms with van der Waals surface area (Å²) in [5.41, 5.74) is 0.497. The standard InChI is InChI=1S/C19H23F3N4O4/c20-19(21,22)7-8-26(17(24)11-1-4-13(27)5-2-11)18(30)25-10-14(23)12-3-6-15(28)16(29)9-12/h1-5,15-16,23-24,27-29H,6-10H2,(H,25,30). The van der Waals surface area contributed by atoms with Crippen molar-refractivity contribution >= 4 is 17.6 Å².